The molecule has 17 heavy (non-hydrogen) atoms. The van der Waals surface area contributed by atoms with Crippen molar-refractivity contribution in [1.29, 1.82) is 0 Å². The van der Waals surface area contributed by atoms with E-state index in [1.165, 1.54) is 14.0 Å². The van der Waals surface area contributed by atoms with Gasteiger partial charge in [-0.2, -0.15) is 0 Å². The molecule has 2 rings (SSSR count). The third-order valence-electron chi connectivity index (χ3n) is 3.20. The van der Waals surface area contributed by atoms with Crippen LogP contribution in [0.1, 0.15) is 6.92 Å². The molecule has 2 saturated heterocycles. The maximum atomic E-state index is 11.7. The third kappa shape index (κ3) is 2.34. The third-order valence-corrected chi connectivity index (χ3v) is 3.20. The van der Waals surface area contributed by atoms with Crippen molar-refractivity contribution in [2.75, 3.05) is 27.1 Å². The molecule has 0 aliphatic carbocycles. The molecule has 0 saturated carbocycles. The Balaban J connectivity index is 1.96. The Bertz CT molecular complexity index is 315. The standard InChI is InChI=1S/C11H16O6/c1-6(12)7-3-15-10-8(4-16-9(7)10)11(13)17-5-14-2/h7-10H,3-5H2,1-2H3/t7-,8+,9-,10-/m1/s1. The molecule has 6 nitrogen and oxygen atoms in total. The lowest BCUT2D eigenvalue weighted by atomic mass is 9.94. The number of Topliss-reactive ketones (excluding diaryl/α,β-unsaturated/α-hetero) is 1. The van der Waals surface area contributed by atoms with Crippen LogP contribution in [0.5, 0.6) is 0 Å². The largest absolute Gasteiger partial charge is 0.438 e. The molecule has 4 atom stereocenters. The zero-order valence-electron chi connectivity index (χ0n) is 9.88. The molecule has 0 aromatic rings. The minimum absolute atomic E-state index is 0.0309. The molecular formula is C11H16O6. The van der Waals surface area contributed by atoms with Gasteiger partial charge in [0, 0.05) is 7.11 Å². The fourth-order valence-electron chi connectivity index (χ4n) is 2.27. The van der Waals surface area contributed by atoms with Gasteiger partial charge in [-0.3, -0.25) is 9.59 Å². The zero-order valence-corrected chi connectivity index (χ0v) is 9.88. The Hall–Kier alpha value is -0.980. The number of methoxy groups -OCH3 is 1. The maximum Gasteiger partial charge on any atom is 0.316 e. The quantitative estimate of drug-likeness (QED) is 0.502. The summed E-state index contributed by atoms with van der Waals surface area (Å²) in [5.41, 5.74) is 0. The van der Waals surface area contributed by atoms with E-state index < -0.39 is 11.9 Å². The van der Waals surface area contributed by atoms with E-state index in [0.717, 1.165) is 0 Å². The molecule has 2 aliphatic rings. The Morgan fingerprint density at radius 2 is 1.76 bits per heavy atom. The lowest BCUT2D eigenvalue weighted by Gasteiger charge is -2.14. The van der Waals surface area contributed by atoms with E-state index in [1.54, 1.807) is 0 Å². The highest BCUT2D eigenvalue weighted by Crippen LogP contribution is 2.35. The van der Waals surface area contributed by atoms with E-state index in [4.69, 9.17) is 14.2 Å². The molecule has 6 heteroatoms. The van der Waals surface area contributed by atoms with Gasteiger partial charge in [0.05, 0.1) is 25.2 Å². The first-order valence-electron chi connectivity index (χ1n) is 5.54. The molecule has 2 aliphatic heterocycles. The monoisotopic (exact) mass is 244 g/mol. The van der Waals surface area contributed by atoms with Gasteiger partial charge in [-0.05, 0) is 6.92 Å². The first-order chi connectivity index (χ1) is 8.15. The van der Waals surface area contributed by atoms with Crippen molar-refractivity contribution in [1.82, 2.24) is 0 Å². The van der Waals surface area contributed by atoms with Crippen LogP contribution >= 0.6 is 0 Å². The average molecular weight is 244 g/mol. The fourth-order valence-corrected chi connectivity index (χ4v) is 2.27. The van der Waals surface area contributed by atoms with Gasteiger partial charge in [-0.1, -0.05) is 0 Å². The highest BCUT2D eigenvalue weighted by Gasteiger charge is 2.52. The lowest BCUT2D eigenvalue weighted by Crippen LogP contribution is -2.33. The normalized spacial score (nSPS) is 35.6. The van der Waals surface area contributed by atoms with Crippen LogP contribution in [0.15, 0.2) is 0 Å². The van der Waals surface area contributed by atoms with Crippen LogP contribution in [-0.2, 0) is 28.5 Å². The number of ketones is 1. The summed E-state index contributed by atoms with van der Waals surface area (Å²) in [6, 6.07) is 0. The van der Waals surface area contributed by atoms with Crippen LogP contribution in [0.2, 0.25) is 0 Å². The summed E-state index contributed by atoms with van der Waals surface area (Å²) in [4.78, 5) is 23.0. The fraction of sp³-hybridized carbons (Fsp3) is 0.818. The van der Waals surface area contributed by atoms with E-state index in [0.29, 0.717) is 6.61 Å². The van der Waals surface area contributed by atoms with Crippen LogP contribution < -0.4 is 0 Å². The van der Waals surface area contributed by atoms with Crippen molar-refractivity contribution in [3.05, 3.63) is 0 Å². The second kappa shape index (κ2) is 5.12. The molecule has 0 amide bonds. The summed E-state index contributed by atoms with van der Waals surface area (Å²) in [6.45, 7) is 1.99. The number of ether oxygens (including phenoxy) is 4. The SMILES string of the molecule is COCOC(=O)[C@H]1CO[C@H]2[C@@H]1OC[C@@H]2C(C)=O. The van der Waals surface area contributed by atoms with Crippen molar-refractivity contribution >= 4 is 11.8 Å². The van der Waals surface area contributed by atoms with E-state index in [1.807, 2.05) is 0 Å². The summed E-state index contributed by atoms with van der Waals surface area (Å²) < 4.78 is 20.5. The van der Waals surface area contributed by atoms with Gasteiger partial charge < -0.3 is 18.9 Å². The molecule has 0 unspecified atom stereocenters. The van der Waals surface area contributed by atoms with Crippen LogP contribution in [0.25, 0.3) is 0 Å². The number of fused-ring (bicyclic) bond motifs is 1. The first kappa shape index (κ1) is 12.5. The molecule has 2 heterocycles. The van der Waals surface area contributed by atoms with Gasteiger partial charge in [0.25, 0.3) is 0 Å². The van der Waals surface area contributed by atoms with Crippen molar-refractivity contribution in [3.8, 4) is 0 Å². The molecule has 96 valence electrons. The maximum absolute atomic E-state index is 11.7. The number of carbonyl (C=O) groups excluding carboxylic acids is 2. The molecule has 0 N–H and O–H groups in total. The van der Waals surface area contributed by atoms with Crippen molar-refractivity contribution in [3.63, 3.8) is 0 Å². The molecule has 0 aromatic heterocycles. The van der Waals surface area contributed by atoms with Crippen LogP contribution in [-0.4, -0.2) is 51.1 Å². The minimum atomic E-state index is -0.459. The topological polar surface area (TPSA) is 71.1 Å². The second-order valence-corrected chi connectivity index (χ2v) is 4.29. The predicted octanol–water partition coefficient (Wildman–Crippen LogP) is -0.248. The van der Waals surface area contributed by atoms with Crippen LogP contribution in [0.4, 0.5) is 0 Å². The van der Waals surface area contributed by atoms with Crippen molar-refractivity contribution in [2.45, 2.75) is 19.1 Å². The molecule has 0 spiro atoms. The van der Waals surface area contributed by atoms with Gasteiger partial charge in [-0.25, -0.2) is 0 Å². The van der Waals surface area contributed by atoms with E-state index >= 15 is 0 Å². The number of hydrogen-bond donors (Lipinski definition) is 0. The summed E-state index contributed by atoms with van der Waals surface area (Å²) >= 11 is 0. The average Bonchev–Trinajstić information content (AvgIpc) is 2.85. The van der Waals surface area contributed by atoms with Crippen LogP contribution in [0, 0.1) is 11.8 Å². The van der Waals surface area contributed by atoms with Crippen LogP contribution in [0.3, 0.4) is 0 Å². The highest BCUT2D eigenvalue weighted by molar-refractivity contribution is 5.80. The molecule has 0 radical (unpaired) electrons. The van der Waals surface area contributed by atoms with Gasteiger partial charge in [-0.15, -0.1) is 0 Å². The molecule has 0 aromatic carbocycles. The van der Waals surface area contributed by atoms with Gasteiger partial charge in [0.15, 0.2) is 6.79 Å². The second-order valence-electron chi connectivity index (χ2n) is 4.29. The van der Waals surface area contributed by atoms with Crippen molar-refractivity contribution < 1.29 is 28.5 Å². The first-order valence-corrected chi connectivity index (χ1v) is 5.54. The van der Waals surface area contributed by atoms with Crippen molar-refractivity contribution in [2.24, 2.45) is 11.8 Å². The van der Waals surface area contributed by atoms with Gasteiger partial charge in [0.2, 0.25) is 0 Å². The Morgan fingerprint density at radius 1 is 1.18 bits per heavy atom. The number of carbonyl (C=O) groups is 2. The number of rotatable bonds is 4. The van der Waals surface area contributed by atoms with E-state index in [9.17, 15) is 9.59 Å². The van der Waals surface area contributed by atoms with E-state index in [2.05, 4.69) is 4.74 Å². The zero-order chi connectivity index (χ0) is 12.4. The molecular weight excluding hydrogens is 228 g/mol. The minimum Gasteiger partial charge on any atom is -0.438 e. The number of hydrogen-bond acceptors (Lipinski definition) is 6. The molecule has 2 fully saturated rings. The smallest absolute Gasteiger partial charge is 0.316 e. The summed E-state index contributed by atoms with van der Waals surface area (Å²) in [5, 5.41) is 0. The van der Waals surface area contributed by atoms with Gasteiger partial charge in [0.1, 0.15) is 17.8 Å². The molecule has 0 bridgehead atoms. The Kier molecular flexibility index (Phi) is 3.76. The predicted molar refractivity (Wildman–Crippen MR) is 55.1 cm³/mol. The van der Waals surface area contributed by atoms with Gasteiger partial charge >= 0.3 is 5.97 Å². The summed E-state index contributed by atoms with van der Waals surface area (Å²) in [6.07, 6.45) is -0.680. The lowest BCUT2D eigenvalue weighted by molar-refractivity contribution is -0.162. The summed E-state index contributed by atoms with van der Waals surface area (Å²) in [7, 11) is 1.44. The highest BCUT2D eigenvalue weighted by atomic mass is 16.7. The van der Waals surface area contributed by atoms with E-state index in [-0.39, 0.29) is 37.3 Å². The summed E-state index contributed by atoms with van der Waals surface area (Å²) in [5.74, 6) is -1.09. The Labute approximate surface area is 99.2 Å². The number of esters is 1. The Morgan fingerprint density at radius 3 is 2.35 bits per heavy atom.